The Labute approximate surface area is 199 Å². The molecule has 1 aliphatic rings. The number of aromatic nitrogens is 5. The number of benzene rings is 2. The molecule has 1 amide bonds. The fraction of sp³-hybridized carbons (Fsp3) is 0.200. The first-order chi connectivity index (χ1) is 17.1. The number of fused-ring (bicyclic) bond motifs is 3. The zero-order valence-electron chi connectivity index (χ0n) is 18.8. The Bertz CT molecular complexity index is 1600. The zero-order valence-corrected chi connectivity index (χ0v) is 18.8. The molecule has 1 aliphatic heterocycles. The highest BCUT2D eigenvalue weighted by atomic mass is 19.1. The van der Waals surface area contributed by atoms with Gasteiger partial charge in [-0.2, -0.15) is 5.10 Å². The summed E-state index contributed by atoms with van der Waals surface area (Å²) in [6, 6.07) is 18.3. The van der Waals surface area contributed by atoms with Crippen LogP contribution in [-0.4, -0.2) is 60.8 Å². The lowest BCUT2D eigenvalue weighted by molar-refractivity contribution is -0.132. The summed E-state index contributed by atoms with van der Waals surface area (Å²) in [5, 5.41) is 9.05. The molecule has 0 spiro atoms. The Balaban J connectivity index is 1.22. The van der Waals surface area contributed by atoms with E-state index in [0.29, 0.717) is 43.0 Å². The molecule has 0 saturated carbocycles. The number of carbonyl (C=O) groups excluding carboxylic acids is 1. The van der Waals surface area contributed by atoms with Gasteiger partial charge in [-0.15, -0.1) is 5.10 Å². The molecule has 0 aliphatic carbocycles. The minimum absolute atomic E-state index is 0.161. The van der Waals surface area contributed by atoms with E-state index in [1.165, 1.54) is 15.1 Å². The Hall–Kier alpha value is -4.47. The molecule has 9 nitrogen and oxygen atoms in total. The van der Waals surface area contributed by atoms with Gasteiger partial charge in [-0.05, 0) is 18.2 Å². The molecule has 35 heavy (non-hydrogen) atoms. The summed E-state index contributed by atoms with van der Waals surface area (Å²) < 4.78 is 18.4. The average Bonchev–Trinajstić information content (AvgIpc) is 3.46. The normalized spacial score (nSPS) is 14.2. The second-order valence-corrected chi connectivity index (χ2v) is 8.48. The van der Waals surface area contributed by atoms with E-state index in [-0.39, 0.29) is 24.0 Å². The number of carbonyl (C=O) groups is 1. The fourth-order valence-electron chi connectivity index (χ4n) is 4.52. The number of halogens is 1. The van der Waals surface area contributed by atoms with Gasteiger partial charge in [0.05, 0.1) is 11.4 Å². The van der Waals surface area contributed by atoms with E-state index in [4.69, 9.17) is 0 Å². The van der Waals surface area contributed by atoms with Crippen LogP contribution in [0.2, 0.25) is 0 Å². The highest BCUT2D eigenvalue weighted by Gasteiger charge is 2.24. The molecule has 3 aromatic heterocycles. The van der Waals surface area contributed by atoms with E-state index in [2.05, 4.69) is 10.2 Å². The lowest BCUT2D eigenvalue weighted by Gasteiger charge is -2.36. The molecule has 0 bridgehead atoms. The molecule has 176 valence electrons. The van der Waals surface area contributed by atoms with Crippen LogP contribution in [0.3, 0.4) is 0 Å². The number of rotatable bonds is 4. The maximum atomic E-state index is 14.1. The SMILES string of the molecule is O=C(Cn1nc2c3cc(-c4ccccc4)nn3ccn2c1=O)N1CCN(c2ccccc2F)CC1. The van der Waals surface area contributed by atoms with Crippen molar-refractivity contribution in [3.8, 4) is 11.3 Å². The molecule has 10 heteroatoms. The number of anilines is 1. The third kappa shape index (κ3) is 3.72. The molecule has 5 aromatic rings. The zero-order chi connectivity index (χ0) is 23.9. The van der Waals surface area contributed by atoms with Crippen LogP contribution in [0, 0.1) is 5.82 Å². The van der Waals surface area contributed by atoms with Gasteiger partial charge in [0, 0.05) is 44.1 Å². The van der Waals surface area contributed by atoms with E-state index < -0.39 is 0 Å². The monoisotopic (exact) mass is 471 g/mol. The van der Waals surface area contributed by atoms with Gasteiger partial charge in [0.2, 0.25) is 5.91 Å². The van der Waals surface area contributed by atoms with Gasteiger partial charge < -0.3 is 9.80 Å². The molecule has 1 fully saturated rings. The van der Waals surface area contributed by atoms with E-state index in [0.717, 1.165) is 11.3 Å². The van der Waals surface area contributed by atoms with Gasteiger partial charge >= 0.3 is 5.69 Å². The number of hydrogen-bond acceptors (Lipinski definition) is 5. The topological polar surface area (TPSA) is 80.1 Å². The maximum absolute atomic E-state index is 14.1. The van der Waals surface area contributed by atoms with Crippen LogP contribution in [0.5, 0.6) is 0 Å². The number of nitrogens with zero attached hydrogens (tertiary/aromatic N) is 7. The van der Waals surface area contributed by atoms with E-state index in [1.807, 2.05) is 41.3 Å². The Morgan fingerprint density at radius 1 is 0.914 bits per heavy atom. The van der Waals surface area contributed by atoms with Crippen molar-refractivity contribution in [1.82, 2.24) is 28.7 Å². The second-order valence-electron chi connectivity index (χ2n) is 8.48. The van der Waals surface area contributed by atoms with Crippen LogP contribution in [0.1, 0.15) is 0 Å². The van der Waals surface area contributed by atoms with Gasteiger partial charge in [0.25, 0.3) is 0 Å². The van der Waals surface area contributed by atoms with Crippen molar-refractivity contribution in [2.75, 3.05) is 31.1 Å². The summed E-state index contributed by atoms with van der Waals surface area (Å²) in [5.74, 6) is -0.469. The third-order valence-corrected chi connectivity index (χ3v) is 6.37. The molecule has 0 radical (unpaired) electrons. The average molecular weight is 471 g/mol. The Morgan fingerprint density at radius 3 is 2.43 bits per heavy atom. The predicted molar refractivity (Wildman–Crippen MR) is 129 cm³/mol. The van der Waals surface area contributed by atoms with Crippen molar-refractivity contribution >= 4 is 22.8 Å². The van der Waals surface area contributed by atoms with E-state index in [9.17, 15) is 14.0 Å². The highest BCUT2D eigenvalue weighted by molar-refractivity contribution is 5.78. The summed E-state index contributed by atoms with van der Waals surface area (Å²) in [6.45, 7) is 1.77. The molecule has 4 heterocycles. The van der Waals surface area contributed by atoms with Gasteiger partial charge in [-0.3, -0.25) is 4.79 Å². The molecule has 6 rings (SSSR count). The quantitative estimate of drug-likeness (QED) is 0.402. The van der Waals surface area contributed by atoms with Crippen molar-refractivity contribution in [1.29, 1.82) is 0 Å². The van der Waals surface area contributed by atoms with Crippen LogP contribution < -0.4 is 10.6 Å². The molecule has 2 aromatic carbocycles. The van der Waals surface area contributed by atoms with E-state index in [1.54, 1.807) is 40.0 Å². The Kier molecular flexibility index (Phi) is 5.05. The van der Waals surface area contributed by atoms with Gasteiger partial charge in [0.15, 0.2) is 5.65 Å². The van der Waals surface area contributed by atoms with Crippen LogP contribution in [0.15, 0.2) is 77.9 Å². The standard InChI is InChI=1S/C25H22FN7O2/c26-19-8-4-5-9-21(19)29-10-12-30(13-11-29)23(34)17-33-25(35)31-14-15-32-22(24(31)28-33)16-20(27-32)18-6-2-1-3-7-18/h1-9,14-16H,10-13,17H2. The summed E-state index contributed by atoms with van der Waals surface area (Å²) in [4.78, 5) is 29.5. The Morgan fingerprint density at radius 2 is 1.66 bits per heavy atom. The first-order valence-electron chi connectivity index (χ1n) is 11.4. The second kappa shape index (κ2) is 8.39. The van der Waals surface area contributed by atoms with Crippen molar-refractivity contribution in [2.45, 2.75) is 6.54 Å². The fourth-order valence-corrected chi connectivity index (χ4v) is 4.52. The number of hydrogen-bond donors (Lipinski definition) is 0. The summed E-state index contributed by atoms with van der Waals surface area (Å²) in [6.07, 6.45) is 3.31. The summed E-state index contributed by atoms with van der Waals surface area (Å²) >= 11 is 0. The van der Waals surface area contributed by atoms with Gasteiger partial charge in [-0.1, -0.05) is 42.5 Å². The summed E-state index contributed by atoms with van der Waals surface area (Å²) in [7, 11) is 0. The minimum Gasteiger partial charge on any atom is -0.366 e. The first kappa shape index (κ1) is 21.1. The lowest BCUT2D eigenvalue weighted by Crippen LogP contribution is -2.50. The smallest absolute Gasteiger partial charge is 0.350 e. The first-order valence-corrected chi connectivity index (χ1v) is 11.4. The molecule has 1 saturated heterocycles. The van der Waals surface area contributed by atoms with Crippen LogP contribution >= 0.6 is 0 Å². The van der Waals surface area contributed by atoms with Crippen molar-refractivity contribution in [3.05, 3.63) is 89.4 Å². The largest absolute Gasteiger partial charge is 0.366 e. The van der Waals surface area contributed by atoms with Crippen LogP contribution in [0.4, 0.5) is 10.1 Å². The molecular weight excluding hydrogens is 449 g/mol. The van der Waals surface area contributed by atoms with Crippen molar-refractivity contribution in [3.63, 3.8) is 0 Å². The van der Waals surface area contributed by atoms with Gasteiger partial charge in [0.1, 0.15) is 17.9 Å². The van der Waals surface area contributed by atoms with Crippen molar-refractivity contribution in [2.24, 2.45) is 0 Å². The number of piperazine rings is 1. The predicted octanol–water partition coefficient (Wildman–Crippen LogP) is 2.30. The van der Waals surface area contributed by atoms with Crippen LogP contribution in [-0.2, 0) is 11.3 Å². The number of para-hydroxylation sites is 1. The maximum Gasteiger partial charge on any atom is 0.350 e. The lowest BCUT2D eigenvalue weighted by atomic mass is 10.1. The van der Waals surface area contributed by atoms with Crippen molar-refractivity contribution < 1.29 is 9.18 Å². The molecular formula is C25H22FN7O2. The molecule has 0 N–H and O–H groups in total. The van der Waals surface area contributed by atoms with Crippen LogP contribution in [0.25, 0.3) is 22.4 Å². The third-order valence-electron chi connectivity index (χ3n) is 6.37. The van der Waals surface area contributed by atoms with E-state index >= 15 is 0 Å². The van der Waals surface area contributed by atoms with Gasteiger partial charge in [-0.25, -0.2) is 22.8 Å². The molecule has 0 unspecified atom stereocenters. The highest BCUT2D eigenvalue weighted by Crippen LogP contribution is 2.22. The number of amides is 1. The molecule has 0 atom stereocenters. The minimum atomic E-state index is -0.386. The summed E-state index contributed by atoms with van der Waals surface area (Å²) in [5.41, 5.74) is 2.99.